The van der Waals surface area contributed by atoms with Crippen molar-refractivity contribution in [2.24, 2.45) is 0 Å². The van der Waals surface area contributed by atoms with E-state index in [1.165, 1.54) is 6.07 Å². The van der Waals surface area contributed by atoms with Crippen LogP contribution < -0.4 is 10.1 Å². The molecule has 0 aliphatic carbocycles. The van der Waals surface area contributed by atoms with E-state index in [0.29, 0.717) is 0 Å². The van der Waals surface area contributed by atoms with E-state index in [1.54, 1.807) is 12.1 Å². The number of ether oxygens (including phenoxy) is 1. The van der Waals surface area contributed by atoms with Crippen LogP contribution in [-0.2, 0) is 0 Å². The van der Waals surface area contributed by atoms with Crippen molar-refractivity contribution in [1.82, 2.24) is 5.32 Å². The standard InChI is InChI=1S/C12H17F2NO2/c1-8(7-16)15-9(2)10-4-3-5-11(6-10)17-12(13)14/h3-6,8-9,12,15-16H,7H2,1-2H3/t8-,9?/m1/s1. The third kappa shape index (κ3) is 4.66. The van der Waals surface area contributed by atoms with Gasteiger partial charge in [-0.3, -0.25) is 0 Å². The zero-order valence-corrected chi connectivity index (χ0v) is 9.86. The smallest absolute Gasteiger partial charge is 0.387 e. The lowest BCUT2D eigenvalue weighted by Crippen LogP contribution is -2.31. The normalized spacial score (nSPS) is 14.7. The fourth-order valence-corrected chi connectivity index (χ4v) is 1.54. The third-order valence-corrected chi connectivity index (χ3v) is 2.39. The summed E-state index contributed by atoms with van der Waals surface area (Å²) in [6.07, 6.45) is 0. The highest BCUT2D eigenvalue weighted by Gasteiger charge is 2.10. The van der Waals surface area contributed by atoms with Gasteiger partial charge in [0.1, 0.15) is 5.75 Å². The summed E-state index contributed by atoms with van der Waals surface area (Å²) < 4.78 is 28.4. The van der Waals surface area contributed by atoms with Gasteiger partial charge in [0, 0.05) is 12.1 Å². The number of halogens is 2. The second-order valence-corrected chi connectivity index (χ2v) is 3.92. The molecule has 0 amide bonds. The minimum Gasteiger partial charge on any atom is -0.435 e. The van der Waals surface area contributed by atoms with E-state index in [0.717, 1.165) is 5.56 Å². The van der Waals surface area contributed by atoms with Crippen molar-refractivity contribution in [3.63, 3.8) is 0 Å². The molecule has 2 atom stereocenters. The van der Waals surface area contributed by atoms with Crippen LogP contribution in [0.15, 0.2) is 24.3 Å². The highest BCUT2D eigenvalue weighted by molar-refractivity contribution is 5.30. The number of hydrogen-bond acceptors (Lipinski definition) is 3. The van der Waals surface area contributed by atoms with Crippen LogP contribution in [0, 0.1) is 0 Å². The molecular formula is C12H17F2NO2. The Morgan fingerprint density at radius 2 is 2.06 bits per heavy atom. The number of hydrogen-bond donors (Lipinski definition) is 2. The molecule has 0 spiro atoms. The zero-order chi connectivity index (χ0) is 12.8. The summed E-state index contributed by atoms with van der Waals surface area (Å²) in [6, 6.07) is 6.43. The molecule has 1 aromatic carbocycles. The molecule has 5 heteroatoms. The fraction of sp³-hybridized carbons (Fsp3) is 0.500. The number of aliphatic hydroxyl groups is 1. The Balaban J connectivity index is 2.70. The van der Waals surface area contributed by atoms with Crippen molar-refractivity contribution < 1.29 is 18.6 Å². The van der Waals surface area contributed by atoms with Crippen LogP contribution in [0.2, 0.25) is 0 Å². The van der Waals surface area contributed by atoms with Crippen molar-refractivity contribution in [2.75, 3.05) is 6.61 Å². The highest BCUT2D eigenvalue weighted by atomic mass is 19.3. The van der Waals surface area contributed by atoms with Gasteiger partial charge in [-0.1, -0.05) is 12.1 Å². The molecule has 0 aliphatic rings. The van der Waals surface area contributed by atoms with Crippen LogP contribution in [0.25, 0.3) is 0 Å². The molecule has 3 nitrogen and oxygen atoms in total. The second-order valence-electron chi connectivity index (χ2n) is 3.92. The summed E-state index contributed by atoms with van der Waals surface area (Å²) in [5, 5.41) is 12.1. The summed E-state index contributed by atoms with van der Waals surface area (Å²) in [5.41, 5.74) is 0.837. The molecule has 0 radical (unpaired) electrons. The Morgan fingerprint density at radius 1 is 1.35 bits per heavy atom. The third-order valence-electron chi connectivity index (χ3n) is 2.39. The van der Waals surface area contributed by atoms with Gasteiger partial charge >= 0.3 is 6.61 Å². The molecule has 1 aromatic rings. The predicted octanol–water partition coefficient (Wildman–Crippen LogP) is 2.32. The molecule has 17 heavy (non-hydrogen) atoms. The lowest BCUT2D eigenvalue weighted by Gasteiger charge is -2.19. The topological polar surface area (TPSA) is 41.5 Å². The molecule has 0 fully saturated rings. The first-order chi connectivity index (χ1) is 8.02. The monoisotopic (exact) mass is 245 g/mol. The van der Waals surface area contributed by atoms with Crippen molar-refractivity contribution in [3.8, 4) is 5.75 Å². The minimum absolute atomic E-state index is 0.0254. The van der Waals surface area contributed by atoms with Gasteiger partial charge in [-0.2, -0.15) is 8.78 Å². The largest absolute Gasteiger partial charge is 0.435 e. The summed E-state index contributed by atoms with van der Waals surface area (Å²) in [6.45, 7) is 0.950. The fourth-order valence-electron chi connectivity index (χ4n) is 1.54. The van der Waals surface area contributed by atoms with Gasteiger partial charge in [0.25, 0.3) is 0 Å². The molecule has 1 unspecified atom stereocenters. The first-order valence-corrected chi connectivity index (χ1v) is 5.44. The summed E-state index contributed by atoms with van der Waals surface area (Å²) >= 11 is 0. The van der Waals surface area contributed by atoms with E-state index >= 15 is 0 Å². The number of benzene rings is 1. The molecule has 2 N–H and O–H groups in total. The first-order valence-electron chi connectivity index (χ1n) is 5.44. The van der Waals surface area contributed by atoms with E-state index in [9.17, 15) is 8.78 Å². The Kier molecular flexibility index (Phi) is 5.31. The van der Waals surface area contributed by atoms with Crippen LogP contribution in [-0.4, -0.2) is 24.4 Å². The number of aliphatic hydroxyl groups excluding tert-OH is 1. The molecule has 0 aliphatic heterocycles. The molecule has 0 heterocycles. The van der Waals surface area contributed by atoms with Gasteiger partial charge in [-0.05, 0) is 31.5 Å². The van der Waals surface area contributed by atoms with Crippen molar-refractivity contribution in [1.29, 1.82) is 0 Å². The molecule has 0 bridgehead atoms. The molecule has 1 rings (SSSR count). The average molecular weight is 245 g/mol. The van der Waals surface area contributed by atoms with Crippen LogP contribution in [0.3, 0.4) is 0 Å². The SMILES string of the molecule is CC(N[C@H](C)CO)c1cccc(OC(F)F)c1. The Morgan fingerprint density at radius 3 is 2.65 bits per heavy atom. The number of nitrogens with one attached hydrogen (secondary N) is 1. The maximum absolute atomic E-state index is 12.0. The Labute approximate surface area is 99.4 Å². The molecule has 96 valence electrons. The van der Waals surface area contributed by atoms with Crippen LogP contribution in [0.1, 0.15) is 25.5 Å². The van der Waals surface area contributed by atoms with Gasteiger partial charge in [0.2, 0.25) is 0 Å². The van der Waals surface area contributed by atoms with Crippen LogP contribution in [0.4, 0.5) is 8.78 Å². The van der Waals surface area contributed by atoms with Crippen LogP contribution >= 0.6 is 0 Å². The Bertz CT molecular complexity index is 347. The van der Waals surface area contributed by atoms with Crippen molar-refractivity contribution in [3.05, 3.63) is 29.8 Å². The van der Waals surface area contributed by atoms with E-state index in [-0.39, 0.29) is 24.4 Å². The summed E-state index contributed by atoms with van der Waals surface area (Å²) in [4.78, 5) is 0. The van der Waals surface area contributed by atoms with Gasteiger partial charge in [-0.25, -0.2) is 0 Å². The zero-order valence-electron chi connectivity index (χ0n) is 9.86. The van der Waals surface area contributed by atoms with Crippen molar-refractivity contribution >= 4 is 0 Å². The lowest BCUT2D eigenvalue weighted by molar-refractivity contribution is -0.0499. The first kappa shape index (κ1) is 13.9. The van der Waals surface area contributed by atoms with E-state index in [4.69, 9.17) is 5.11 Å². The van der Waals surface area contributed by atoms with Crippen LogP contribution in [0.5, 0.6) is 5.75 Å². The van der Waals surface area contributed by atoms with E-state index < -0.39 is 6.61 Å². The quantitative estimate of drug-likeness (QED) is 0.808. The second kappa shape index (κ2) is 6.51. The van der Waals surface area contributed by atoms with Gasteiger partial charge in [0.05, 0.1) is 6.61 Å². The van der Waals surface area contributed by atoms with Gasteiger partial charge in [0.15, 0.2) is 0 Å². The summed E-state index contributed by atoms with van der Waals surface area (Å²) in [5.74, 6) is 0.141. The van der Waals surface area contributed by atoms with Gasteiger partial charge < -0.3 is 15.2 Å². The lowest BCUT2D eigenvalue weighted by atomic mass is 10.1. The van der Waals surface area contributed by atoms with E-state index in [2.05, 4.69) is 10.1 Å². The van der Waals surface area contributed by atoms with Gasteiger partial charge in [-0.15, -0.1) is 0 Å². The minimum atomic E-state index is -2.81. The summed E-state index contributed by atoms with van der Waals surface area (Å²) in [7, 11) is 0. The maximum Gasteiger partial charge on any atom is 0.387 e. The van der Waals surface area contributed by atoms with Crippen molar-refractivity contribution in [2.45, 2.75) is 32.5 Å². The highest BCUT2D eigenvalue weighted by Crippen LogP contribution is 2.20. The molecular weight excluding hydrogens is 228 g/mol. The molecule has 0 aromatic heterocycles. The Hall–Kier alpha value is -1.20. The number of rotatable bonds is 6. The predicted molar refractivity (Wildman–Crippen MR) is 61.2 cm³/mol. The average Bonchev–Trinajstić information content (AvgIpc) is 2.28. The maximum atomic E-state index is 12.0. The molecule has 0 saturated heterocycles. The molecule has 0 saturated carbocycles. The number of alkyl halides is 2. The van der Waals surface area contributed by atoms with E-state index in [1.807, 2.05) is 19.9 Å².